The summed E-state index contributed by atoms with van der Waals surface area (Å²) in [6, 6.07) is 0. The Kier molecular flexibility index (Phi) is 3.46. The van der Waals surface area contributed by atoms with Crippen molar-refractivity contribution in [1.29, 1.82) is 0 Å². The minimum atomic E-state index is -0.411. The largest absolute Gasteiger partial charge is 0.342 e. The molecule has 1 heterocycles. The quantitative estimate of drug-likeness (QED) is 0.651. The molecule has 2 unspecified atom stereocenters. The average Bonchev–Trinajstić information content (AvgIpc) is 2.45. The van der Waals surface area contributed by atoms with Crippen LogP contribution in [0.25, 0.3) is 0 Å². The maximum atomic E-state index is 12.0. The van der Waals surface area contributed by atoms with E-state index in [9.17, 15) is 4.79 Å². The molecule has 2 nitrogen and oxygen atoms in total. The molecule has 0 radical (unpaired) electrons. The highest BCUT2D eigenvalue weighted by molar-refractivity contribution is 6.19. The highest BCUT2D eigenvalue weighted by Gasteiger charge is 2.36. The summed E-state index contributed by atoms with van der Waals surface area (Å²) in [6.07, 6.45) is 0. The highest BCUT2D eigenvalue weighted by Crippen LogP contribution is 2.28. The van der Waals surface area contributed by atoms with Crippen molar-refractivity contribution in [2.75, 3.05) is 19.0 Å². The van der Waals surface area contributed by atoms with Crippen LogP contribution in [-0.4, -0.2) is 29.8 Å². The van der Waals surface area contributed by atoms with Crippen LogP contribution in [0.1, 0.15) is 27.7 Å². The van der Waals surface area contributed by atoms with Crippen molar-refractivity contribution in [3.05, 3.63) is 0 Å². The molecule has 0 N–H and O–H groups in total. The molecule has 1 aliphatic heterocycles. The first-order chi connectivity index (χ1) is 6.38. The van der Waals surface area contributed by atoms with Gasteiger partial charge in [0, 0.05) is 19.0 Å². The number of hydrogen-bond acceptors (Lipinski definition) is 1. The average molecular weight is 218 g/mol. The van der Waals surface area contributed by atoms with E-state index in [1.807, 2.05) is 18.7 Å². The zero-order valence-electron chi connectivity index (χ0n) is 9.51. The maximum absolute atomic E-state index is 12.0. The van der Waals surface area contributed by atoms with E-state index in [1.54, 1.807) is 0 Å². The van der Waals surface area contributed by atoms with Gasteiger partial charge in [-0.2, -0.15) is 0 Å². The van der Waals surface area contributed by atoms with Gasteiger partial charge in [-0.25, -0.2) is 0 Å². The minimum absolute atomic E-state index is 0.198. The van der Waals surface area contributed by atoms with Crippen LogP contribution in [0, 0.1) is 17.3 Å². The summed E-state index contributed by atoms with van der Waals surface area (Å²) in [4.78, 5) is 14.0. The summed E-state index contributed by atoms with van der Waals surface area (Å²) in [5.74, 6) is 1.82. The Morgan fingerprint density at radius 1 is 1.36 bits per heavy atom. The smallest absolute Gasteiger partial charge is 0.229 e. The fraction of sp³-hybridized carbons (Fsp3) is 0.909. The Morgan fingerprint density at radius 2 is 1.79 bits per heavy atom. The van der Waals surface area contributed by atoms with Crippen LogP contribution < -0.4 is 0 Å². The van der Waals surface area contributed by atoms with Gasteiger partial charge >= 0.3 is 0 Å². The number of hydrogen-bond donors (Lipinski definition) is 0. The minimum Gasteiger partial charge on any atom is -0.342 e. The van der Waals surface area contributed by atoms with Crippen LogP contribution in [-0.2, 0) is 4.79 Å². The van der Waals surface area contributed by atoms with Gasteiger partial charge in [-0.05, 0) is 25.7 Å². The second-order valence-corrected chi connectivity index (χ2v) is 5.45. The van der Waals surface area contributed by atoms with Crippen LogP contribution in [0.5, 0.6) is 0 Å². The molecule has 0 aromatic heterocycles. The van der Waals surface area contributed by atoms with Crippen LogP contribution in [0.4, 0.5) is 0 Å². The second kappa shape index (κ2) is 4.09. The van der Waals surface area contributed by atoms with Crippen molar-refractivity contribution >= 4 is 17.5 Å². The zero-order valence-corrected chi connectivity index (χ0v) is 10.3. The Labute approximate surface area is 91.6 Å². The van der Waals surface area contributed by atoms with E-state index >= 15 is 0 Å². The predicted octanol–water partition coefficient (Wildman–Crippen LogP) is 2.37. The van der Waals surface area contributed by atoms with E-state index in [1.165, 1.54) is 0 Å². The molecular formula is C11H20ClNO. The van der Waals surface area contributed by atoms with Crippen LogP contribution in [0.2, 0.25) is 0 Å². The first-order valence-electron chi connectivity index (χ1n) is 5.24. The second-order valence-electron chi connectivity index (χ2n) is 5.18. The molecule has 0 spiro atoms. The Bertz CT molecular complexity index is 217. The van der Waals surface area contributed by atoms with Crippen LogP contribution in [0.15, 0.2) is 0 Å². The zero-order chi connectivity index (χ0) is 10.9. The third kappa shape index (κ3) is 2.22. The Balaban J connectivity index is 2.64. The van der Waals surface area contributed by atoms with Gasteiger partial charge in [-0.15, -0.1) is 11.6 Å². The summed E-state index contributed by atoms with van der Waals surface area (Å²) < 4.78 is 0. The lowest BCUT2D eigenvalue weighted by Gasteiger charge is -2.27. The van der Waals surface area contributed by atoms with Gasteiger partial charge in [0.15, 0.2) is 0 Å². The van der Waals surface area contributed by atoms with Crippen molar-refractivity contribution < 1.29 is 4.79 Å². The van der Waals surface area contributed by atoms with Gasteiger partial charge < -0.3 is 4.90 Å². The van der Waals surface area contributed by atoms with Crippen molar-refractivity contribution in [2.24, 2.45) is 17.3 Å². The lowest BCUT2D eigenvalue weighted by molar-refractivity contribution is -0.138. The third-order valence-electron chi connectivity index (χ3n) is 3.19. The van der Waals surface area contributed by atoms with E-state index in [4.69, 9.17) is 11.6 Å². The van der Waals surface area contributed by atoms with Gasteiger partial charge in [-0.3, -0.25) is 4.79 Å². The highest BCUT2D eigenvalue weighted by atomic mass is 35.5. The third-order valence-corrected chi connectivity index (χ3v) is 3.86. The number of carbonyl (C=O) groups is 1. The number of alkyl halides is 1. The Hall–Kier alpha value is -0.240. The fourth-order valence-electron chi connectivity index (χ4n) is 1.78. The molecular weight excluding hydrogens is 198 g/mol. The summed E-state index contributed by atoms with van der Waals surface area (Å²) in [7, 11) is 0. The maximum Gasteiger partial charge on any atom is 0.229 e. The number of halogens is 1. The summed E-state index contributed by atoms with van der Waals surface area (Å²) in [6.45, 7) is 10.0. The first kappa shape index (κ1) is 11.8. The molecule has 82 valence electrons. The number of carbonyl (C=O) groups excluding carboxylic acids is 1. The van der Waals surface area contributed by atoms with E-state index < -0.39 is 5.41 Å². The van der Waals surface area contributed by atoms with Gasteiger partial charge in [0.1, 0.15) is 0 Å². The number of amides is 1. The molecule has 1 amide bonds. The Morgan fingerprint density at radius 3 is 2.14 bits per heavy atom. The molecule has 1 saturated heterocycles. The molecule has 0 aromatic rings. The fourth-order valence-corrected chi connectivity index (χ4v) is 1.90. The summed E-state index contributed by atoms with van der Waals surface area (Å²) >= 11 is 5.79. The van der Waals surface area contributed by atoms with Crippen molar-refractivity contribution in [1.82, 2.24) is 4.90 Å². The molecule has 0 aromatic carbocycles. The predicted molar refractivity (Wildman–Crippen MR) is 59.4 cm³/mol. The van der Waals surface area contributed by atoms with Crippen LogP contribution >= 0.6 is 11.6 Å². The topological polar surface area (TPSA) is 20.3 Å². The van der Waals surface area contributed by atoms with E-state index in [-0.39, 0.29) is 5.91 Å². The normalized spacial score (nSPS) is 28.2. The standard InChI is InChI=1S/C11H20ClNO/c1-8-5-13(6-9(8)2)10(14)11(3,4)7-12/h8-9H,5-7H2,1-4H3. The van der Waals surface area contributed by atoms with Crippen molar-refractivity contribution in [3.63, 3.8) is 0 Å². The van der Waals surface area contributed by atoms with E-state index in [0.717, 1.165) is 13.1 Å². The molecule has 1 fully saturated rings. The molecule has 0 saturated carbocycles. The van der Waals surface area contributed by atoms with Gasteiger partial charge in [-0.1, -0.05) is 13.8 Å². The van der Waals surface area contributed by atoms with E-state index in [0.29, 0.717) is 17.7 Å². The van der Waals surface area contributed by atoms with Gasteiger partial charge in [0.05, 0.1) is 5.41 Å². The number of rotatable bonds is 2. The van der Waals surface area contributed by atoms with E-state index in [2.05, 4.69) is 13.8 Å². The monoisotopic (exact) mass is 217 g/mol. The lowest BCUT2D eigenvalue weighted by Crippen LogP contribution is -2.40. The molecule has 3 heteroatoms. The summed E-state index contributed by atoms with van der Waals surface area (Å²) in [5.41, 5.74) is -0.411. The molecule has 0 bridgehead atoms. The molecule has 0 aliphatic carbocycles. The summed E-state index contributed by atoms with van der Waals surface area (Å²) in [5, 5.41) is 0. The van der Waals surface area contributed by atoms with Crippen molar-refractivity contribution in [2.45, 2.75) is 27.7 Å². The van der Waals surface area contributed by atoms with Crippen LogP contribution in [0.3, 0.4) is 0 Å². The van der Waals surface area contributed by atoms with Crippen molar-refractivity contribution in [3.8, 4) is 0 Å². The van der Waals surface area contributed by atoms with Gasteiger partial charge in [0.2, 0.25) is 5.91 Å². The first-order valence-corrected chi connectivity index (χ1v) is 5.77. The SMILES string of the molecule is CC1CN(C(=O)C(C)(C)CCl)CC1C. The number of nitrogens with zero attached hydrogens (tertiary/aromatic N) is 1. The molecule has 1 rings (SSSR count). The molecule has 2 atom stereocenters. The molecule has 14 heavy (non-hydrogen) atoms. The molecule has 1 aliphatic rings. The number of likely N-dealkylation sites (tertiary alicyclic amines) is 1. The lowest BCUT2D eigenvalue weighted by atomic mass is 9.94. The van der Waals surface area contributed by atoms with Gasteiger partial charge in [0.25, 0.3) is 0 Å².